The van der Waals surface area contributed by atoms with Crippen molar-refractivity contribution in [1.82, 2.24) is 14.3 Å². The number of hydrogen-bond acceptors (Lipinski definition) is 5. The normalized spacial score (nSPS) is 11.2. The van der Waals surface area contributed by atoms with E-state index in [1.54, 1.807) is 23.5 Å². The molecule has 0 aromatic carbocycles. The Morgan fingerprint density at radius 1 is 1.28 bits per heavy atom. The summed E-state index contributed by atoms with van der Waals surface area (Å²) in [6, 6.07) is 7.46. The van der Waals surface area contributed by atoms with E-state index in [4.69, 9.17) is 11.5 Å². The van der Waals surface area contributed by atoms with Crippen molar-refractivity contribution in [2.45, 2.75) is 26.3 Å². The number of carbonyl (C=O) groups excluding carboxylic acids is 2. The van der Waals surface area contributed by atoms with Crippen molar-refractivity contribution >= 4 is 29.0 Å². The Morgan fingerprint density at radius 2 is 2.04 bits per heavy atom. The highest BCUT2D eigenvalue weighted by Crippen LogP contribution is 2.24. The van der Waals surface area contributed by atoms with Gasteiger partial charge in [0.1, 0.15) is 17.1 Å². The molecule has 3 heterocycles. The monoisotopic (exact) mass is 357 g/mol. The van der Waals surface area contributed by atoms with Crippen molar-refractivity contribution in [2.75, 3.05) is 5.73 Å². The minimum absolute atomic E-state index is 0.0231. The summed E-state index contributed by atoms with van der Waals surface area (Å²) in [5.74, 6) is -1.19. The molecule has 0 unspecified atom stereocenters. The second-order valence-corrected chi connectivity index (χ2v) is 7.01. The molecule has 3 aromatic rings. The molecule has 0 aliphatic rings. The highest BCUT2D eigenvalue weighted by Gasteiger charge is 2.26. The van der Waals surface area contributed by atoms with Crippen LogP contribution in [-0.4, -0.2) is 26.2 Å². The summed E-state index contributed by atoms with van der Waals surface area (Å²) in [7, 11) is 0. The van der Waals surface area contributed by atoms with Gasteiger partial charge in [0, 0.05) is 11.1 Å². The van der Waals surface area contributed by atoms with E-state index < -0.39 is 11.8 Å². The van der Waals surface area contributed by atoms with Crippen molar-refractivity contribution in [2.24, 2.45) is 5.73 Å². The molecule has 0 radical (unpaired) electrons. The number of amides is 1. The second-order valence-electron chi connectivity index (χ2n) is 5.98. The van der Waals surface area contributed by atoms with Crippen LogP contribution in [0.3, 0.4) is 0 Å². The summed E-state index contributed by atoms with van der Waals surface area (Å²) in [4.78, 5) is 25.8. The van der Waals surface area contributed by atoms with Crippen LogP contribution in [-0.2, 0) is 6.54 Å². The second kappa shape index (κ2) is 6.56. The molecule has 130 valence electrons. The van der Waals surface area contributed by atoms with Gasteiger partial charge in [-0.25, -0.2) is 0 Å². The molecular weight excluding hydrogens is 338 g/mol. The minimum Gasteiger partial charge on any atom is -0.383 e. The molecule has 7 nitrogen and oxygen atoms in total. The van der Waals surface area contributed by atoms with Crippen LogP contribution in [0.1, 0.15) is 51.2 Å². The third-order valence-electron chi connectivity index (χ3n) is 3.89. The molecule has 0 spiro atoms. The molecular formula is C17H19N5O2S. The number of nitrogens with zero attached hydrogens (tertiary/aromatic N) is 3. The smallest absolute Gasteiger partial charge is 0.296 e. The molecule has 0 saturated carbocycles. The van der Waals surface area contributed by atoms with Crippen LogP contribution in [0.5, 0.6) is 0 Å². The summed E-state index contributed by atoms with van der Waals surface area (Å²) < 4.78 is 2.89. The molecule has 25 heavy (non-hydrogen) atoms. The number of anilines is 1. The molecule has 1 amide bonds. The fourth-order valence-electron chi connectivity index (χ4n) is 2.69. The Hall–Kier alpha value is -2.87. The van der Waals surface area contributed by atoms with Crippen LogP contribution < -0.4 is 11.5 Å². The molecule has 0 saturated heterocycles. The summed E-state index contributed by atoms with van der Waals surface area (Å²) in [6.45, 7) is 4.30. The van der Waals surface area contributed by atoms with E-state index in [1.807, 2.05) is 42.1 Å². The Kier molecular flexibility index (Phi) is 4.45. The lowest BCUT2D eigenvalue weighted by molar-refractivity contribution is 0.0938. The predicted octanol–water partition coefficient (Wildman–Crippen LogP) is 2.29. The number of thiophene rings is 1. The van der Waals surface area contributed by atoms with E-state index in [-0.39, 0.29) is 17.3 Å². The molecule has 0 aliphatic heterocycles. The number of nitrogens with two attached hydrogens (primary N) is 2. The number of aromatic nitrogens is 3. The van der Waals surface area contributed by atoms with Gasteiger partial charge in [-0.15, -0.1) is 11.3 Å². The Balaban J connectivity index is 2.01. The average molecular weight is 357 g/mol. The fourth-order valence-corrected chi connectivity index (χ4v) is 3.39. The van der Waals surface area contributed by atoms with Crippen LogP contribution in [0.4, 0.5) is 5.82 Å². The highest BCUT2D eigenvalue weighted by molar-refractivity contribution is 7.09. The maximum Gasteiger partial charge on any atom is 0.296 e. The van der Waals surface area contributed by atoms with Gasteiger partial charge < -0.3 is 16.0 Å². The van der Waals surface area contributed by atoms with E-state index in [2.05, 4.69) is 5.10 Å². The highest BCUT2D eigenvalue weighted by atomic mass is 32.1. The first-order valence-electron chi connectivity index (χ1n) is 7.80. The number of hydrogen-bond donors (Lipinski definition) is 2. The van der Waals surface area contributed by atoms with Gasteiger partial charge in [-0.05, 0) is 29.5 Å². The summed E-state index contributed by atoms with van der Waals surface area (Å²) in [6.07, 6.45) is 1.82. The SMILES string of the molecule is CC(C)c1nn(C(=O)c2cccn2Cc2cccs2)c(N)c1C(N)=O. The van der Waals surface area contributed by atoms with E-state index in [1.165, 1.54) is 0 Å². The first-order chi connectivity index (χ1) is 11.9. The lowest BCUT2D eigenvalue weighted by atomic mass is 10.1. The van der Waals surface area contributed by atoms with Gasteiger partial charge in [-0.1, -0.05) is 19.9 Å². The largest absolute Gasteiger partial charge is 0.383 e. The molecule has 0 aliphatic carbocycles. The average Bonchev–Trinajstić information content (AvgIpc) is 3.26. The van der Waals surface area contributed by atoms with Crippen LogP contribution in [0.2, 0.25) is 0 Å². The van der Waals surface area contributed by atoms with Crippen molar-refractivity contribution in [1.29, 1.82) is 0 Å². The first kappa shape index (κ1) is 17.0. The summed E-state index contributed by atoms with van der Waals surface area (Å²) in [5.41, 5.74) is 12.4. The third kappa shape index (κ3) is 3.08. The lowest BCUT2D eigenvalue weighted by Gasteiger charge is -2.08. The van der Waals surface area contributed by atoms with E-state index >= 15 is 0 Å². The quantitative estimate of drug-likeness (QED) is 0.730. The van der Waals surface area contributed by atoms with E-state index in [0.29, 0.717) is 17.9 Å². The zero-order chi connectivity index (χ0) is 18.1. The maximum atomic E-state index is 12.9. The topological polar surface area (TPSA) is 109 Å². The number of nitrogen functional groups attached to an aromatic ring is 1. The van der Waals surface area contributed by atoms with Crippen molar-refractivity contribution in [3.63, 3.8) is 0 Å². The van der Waals surface area contributed by atoms with Crippen LogP contribution >= 0.6 is 11.3 Å². The number of carbonyl (C=O) groups is 2. The molecule has 0 atom stereocenters. The van der Waals surface area contributed by atoms with Crippen LogP contribution in [0.15, 0.2) is 35.8 Å². The zero-order valence-electron chi connectivity index (χ0n) is 14.0. The van der Waals surface area contributed by atoms with Gasteiger partial charge in [-0.3, -0.25) is 9.59 Å². The Bertz CT molecular complexity index is 921. The van der Waals surface area contributed by atoms with Crippen molar-refractivity contribution in [3.05, 3.63) is 57.7 Å². The summed E-state index contributed by atoms with van der Waals surface area (Å²) in [5, 5.41) is 6.24. The fraction of sp³-hybridized carbons (Fsp3) is 0.235. The van der Waals surface area contributed by atoms with Gasteiger partial charge in [0.05, 0.1) is 12.2 Å². The van der Waals surface area contributed by atoms with Crippen molar-refractivity contribution in [3.8, 4) is 0 Å². The standard InChI is InChI=1S/C17H19N5O2S/c1-10(2)14-13(16(19)23)15(18)22(20-14)17(24)12-6-3-7-21(12)9-11-5-4-8-25-11/h3-8,10H,9,18H2,1-2H3,(H2,19,23). The summed E-state index contributed by atoms with van der Waals surface area (Å²) >= 11 is 1.61. The van der Waals surface area contributed by atoms with Crippen LogP contribution in [0, 0.1) is 0 Å². The number of rotatable bonds is 5. The van der Waals surface area contributed by atoms with Gasteiger partial charge in [-0.2, -0.15) is 9.78 Å². The molecule has 8 heteroatoms. The van der Waals surface area contributed by atoms with Crippen molar-refractivity contribution < 1.29 is 9.59 Å². The van der Waals surface area contributed by atoms with E-state index in [9.17, 15) is 9.59 Å². The predicted molar refractivity (Wildman–Crippen MR) is 96.8 cm³/mol. The van der Waals surface area contributed by atoms with Gasteiger partial charge in [0.2, 0.25) is 0 Å². The Labute approximate surface area is 148 Å². The Morgan fingerprint density at radius 3 is 2.60 bits per heavy atom. The molecule has 3 rings (SSSR count). The van der Waals surface area contributed by atoms with Gasteiger partial charge in [0.15, 0.2) is 0 Å². The maximum absolute atomic E-state index is 12.9. The molecule has 0 bridgehead atoms. The number of primary amides is 1. The van der Waals surface area contributed by atoms with Gasteiger partial charge >= 0.3 is 0 Å². The molecule has 0 fully saturated rings. The van der Waals surface area contributed by atoms with Crippen LogP contribution in [0.25, 0.3) is 0 Å². The zero-order valence-corrected chi connectivity index (χ0v) is 14.8. The van der Waals surface area contributed by atoms with E-state index in [0.717, 1.165) is 9.56 Å². The van der Waals surface area contributed by atoms with Gasteiger partial charge in [0.25, 0.3) is 11.8 Å². The molecule has 4 N–H and O–H groups in total. The third-order valence-corrected chi connectivity index (χ3v) is 4.75. The lowest BCUT2D eigenvalue weighted by Crippen LogP contribution is -2.21. The minimum atomic E-state index is -0.686. The first-order valence-corrected chi connectivity index (χ1v) is 8.68. The molecule has 3 aromatic heterocycles.